The van der Waals surface area contributed by atoms with Crippen molar-refractivity contribution in [2.24, 2.45) is 0 Å². The minimum atomic E-state index is -0.0434. The molecule has 128 valence electrons. The Kier molecular flexibility index (Phi) is 3.86. The zero-order chi connectivity index (χ0) is 16.7. The average Bonchev–Trinajstić information content (AvgIpc) is 3.13. The van der Waals surface area contributed by atoms with Crippen molar-refractivity contribution in [3.8, 4) is 0 Å². The highest BCUT2D eigenvalue weighted by Crippen LogP contribution is 2.42. The Hall–Kier alpha value is -2.18. The van der Waals surface area contributed by atoms with Crippen LogP contribution in [0.3, 0.4) is 0 Å². The minimum Gasteiger partial charge on any atom is -0.447 e. The number of piperidine rings is 1. The Balaban J connectivity index is 1.56. The summed E-state index contributed by atoms with van der Waals surface area (Å²) in [4.78, 5) is 19.1. The SMILES string of the molecule is CCc1nnc([C@H]2CCCN(C(=O)c3ncoc3C3CC3)[C@H]2C)o1. The van der Waals surface area contributed by atoms with Gasteiger partial charge in [-0.3, -0.25) is 4.79 Å². The molecular formula is C17H22N4O3. The van der Waals surface area contributed by atoms with E-state index in [0.717, 1.165) is 44.4 Å². The Morgan fingerprint density at radius 1 is 1.33 bits per heavy atom. The number of hydrogen-bond donors (Lipinski definition) is 0. The van der Waals surface area contributed by atoms with Gasteiger partial charge in [0.05, 0.1) is 5.92 Å². The lowest BCUT2D eigenvalue weighted by Crippen LogP contribution is -2.46. The fourth-order valence-electron chi connectivity index (χ4n) is 3.51. The molecule has 1 amide bonds. The van der Waals surface area contributed by atoms with Gasteiger partial charge in [-0.25, -0.2) is 4.98 Å². The van der Waals surface area contributed by atoms with Crippen LogP contribution in [-0.2, 0) is 6.42 Å². The predicted octanol–water partition coefficient (Wildman–Crippen LogP) is 2.91. The highest BCUT2D eigenvalue weighted by molar-refractivity contribution is 5.93. The van der Waals surface area contributed by atoms with Crippen LogP contribution in [0.5, 0.6) is 0 Å². The van der Waals surface area contributed by atoms with Crippen LogP contribution >= 0.6 is 0 Å². The molecule has 2 fully saturated rings. The van der Waals surface area contributed by atoms with Crippen molar-refractivity contribution in [1.82, 2.24) is 20.1 Å². The van der Waals surface area contributed by atoms with Crippen LogP contribution in [-0.4, -0.2) is 38.6 Å². The maximum atomic E-state index is 13.0. The molecule has 7 heteroatoms. The third-order valence-corrected chi connectivity index (χ3v) is 5.10. The first-order valence-corrected chi connectivity index (χ1v) is 8.75. The maximum absolute atomic E-state index is 13.0. The summed E-state index contributed by atoms with van der Waals surface area (Å²) in [6.45, 7) is 4.76. The number of aryl methyl sites for hydroxylation is 1. The first-order valence-electron chi connectivity index (χ1n) is 8.75. The van der Waals surface area contributed by atoms with E-state index >= 15 is 0 Å². The molecule has 2 aromatic heterocycles. The quantitative estimate of drug-likeness (QED) is 0.857. The van der Waals surface area contributed by atoms with E-state index in [4.69, 9.17) is 8.83 Å². The van der Waals surface area contributed by atoms with E-state index in [1.165, 1.54) is 6.39 Å². The first-order chi connectivity index (χ1) is 11.7. The molecule has 1 aliphatic carbocycles. The van der Waals surface area contributed by atoms with Gasteiger partial charge in [0.2, 0.25) is 11.8 Å². The van der Waals surface area contributed by atoms with Crippen LogP contribution in [0, 0.1) is 0 Å². The number of amides is 1. The van der Waals surface area contributed by atoms with Crippen LogP contribution in [0.2, 0.25) is 0 Å². The highest BCUT2D eigenvalue weighted by Gasteiger charge is 2.39. The molecule has 1 saturated heterocycles. The molecule has 2 aliphatic rings. The number of carbonyl (C=O) groups is 1. The van der Waals surface area contributed by atoms with Crippen molar-refractivity contribution in [3.63, 3.8) is 0 Å². The topological polar surface area (TPSA) is 85.3 Å². The minimum absolute atomic E-state index is 0.000147. The molecule has 0 unspecified atom stereocenters. The number of oxazole rings is 1. The molecule has 1 aliphatic heterocycles. The molecule has 7 nitrogen and oxygen atoms in total. The van der Waals surface area contributed by atoms with Crippen LogP contribution in [0.25, 0.3) is 0 Å². The molecule has 24 heavy (non-hydrogen) atoms. The molecule has 2 atom stereocenters. The maximum Gasteiger partial charge on any atom is 0.276 e. The first kappa shape index (κ1) is 15.4. The van der Waals surface area contributed by atoms with Crippen molar-refractivity contribution in [2.45, 2.75) is 63.8 Å². The molecule has 1 saturated carbocycles. The van der Waals surface area contributed by atoms with Crippen molar-refractivity contribution in [3.05, 3.63) is 29.6 Å². The van der Waals surface area contributed by atoms with Crippen molar-refractivity contribution >= 4 is 5.91 Å². The number of nitrogens with zero attached hydrogens (tertiary/aromatic N) is 4. The lowest BCUT2D eigenvalue weighted by Gasteiger charge is -2.37. The lowest BCUT2D eigenvalue weighted by molar-refractivity contribution is 0.0574. The standard InChI is InChI=1S/C17H22N4O3/c1-3-13-19-20-16(24-13)12-5-4-8-21(10(12)2)17(22)14-15(11-6-7-11)23-9-18-14/h9-12H,3-8H2,1-2H3/t10-,12-/m0/s1. The Bertz CT molecular complexity index is 734. The van der Waals surface area contributed by atoms with Crippen LogP contribution in [0.1, 0.15) is 79.4 Å². The van der Waals surface area contributed by atoms with E-state index in [2.05, 4.69) is 22.1 Å². The summed E-state index contributed by atoms with van der Waals surface area (Å²) in [5.74, 6) is 2.43. The second-order valence-corrected chi connectivity index (χ2v) is 6.71. The highest BCUT2D eigenvalue weighted by atomic mass is 16.4. The largest absolute Gasteiger partial charge is 0.447 e. The summed E-state index contributed by atoms with van der Waals surface area (Å²) in [6, 6.07) is 0.000147. The van der Waals surface area contributed by atoms with Crippen molar-refractivity contribution in [1.29, 1.82) is 0 Å². The summed E-state index contributed by atoms with van der Waals surface area (Å²) in [5.41, 5.74) is 0.477. The fourth-order valence-corrected chi connectivity index (χ4v) is 3.51. The van der Waals surface area contributed by atoms with Crippen LogP contribution in [0.15, 0.2) is 15.2 Å². The van der Waals surface area contributed by atoms with E-state index < -0.39 is 0 Å². The van der Waals surface area contributed by atoms with Gasteiger partial charge in [0.1, 0.15) is 5.76 Å². The van der Waals surface area contributed by atoms with Crippen molar-refractivity contribution < 1.29 is 13.6 Å². The predicted molar refractivity (Wildman–Crippen MR) is 84.6 cm³/mol. The summed E-state index contributed by atoms with van der Waals surface area (Å²) in [7, 11) is 0. The van der Waals surface area contributed by atoms with Crippen molar-refractivity contribution in [2.75, 3.05) is 6.54 Å². The second kappa shape index (κ2) is 6.03. The smallest absolute Gasteiger partial charge is 0.276 e. The third kappa shape index (κ3) is 2.61. The van der Waals surface area contributed by atoms with Gasteiger partial charge < -0.3 is 13.7 Å². The summed E-state index contributed by atoms with van der Waals surface area (Å²) >= 11 is 0. The lowest BCUT2D eigenvalue weighted by atomic mass is 9.89. The molecular weight excluding hydrogens is 308 g/mol. The second-order valence-electron chi connectivity index (χ2n) is 6.71. The van der Waals surface area contributed by atoms with Gasteiger partial charge in [0, 0.05) is 24.9 Å². The van der Waals surface area contributed by atoms with E-state index in [1.54, 1.807) is 0 Å². The summed E-state index contributed by atoms with van der Waals surface area (Å²) in [5, 5.41) is 8.25. The summed E-state index contributed by atoms with van der Waals surface area (Å²) in [6.07, 6.45) is 6.13. The van der Waals surface area contributed by atoms with Crippen LogP contribution in [0.4, 0.5) is 0 Å². The van der Waals surface area contributed by atoms with Gasteiger partial charge in [0.25, 0.3) is 5.91 Å². The Labute approximate surface area is 140 Å². The summed E-state index contributed by atoms with van der Waals surface area (Å²) < 4.78 is 11.2. The molecule has 3 heterocycles. The third-order valence-electron chi connectivity index (χ3n) is 5.10. The fraction of sp³-hybridized carbons (Fsp3) is 0.647. The Morgan fingerprint density at radius 2 is 2.17 bits per heavy atom. The number of aromatic nitrogens is 3. The van der Waals surface area contributed by atoms with Gasteiger partial charge in [-0.05, 0) is 32.6 Å². The van der Waals surface area contributed by atoms with Gasteiger partial charge in [-0.2, -0.15) is 0 Å². The van der Waals surface area contributed by atoms with E-state index in [1.807, 2.05) is 11.8 Å². The molecule has 0 bridgehead atoms. The number of rotatable bonds is 4. The molecule has 0 aromatic carbocycles. The zero-order valence-corrected chi connectivity index (χ0v) is 14.1. The monoisotopic (exact) mass is 330 g/mol. The van der Waals surface area contributed by atoms with Gasteiger partial charge in [-0.15, -0.1) is 10.2 Å². The van der Waals surface area contributed by atoms with Crippen LogP contribution < -0.4 is 0 Å². The van der Waals surface area contributed by atoms with Gasteiger partial charge in [-0.1, -0.05) is 6.92 Å². The molecule has 0 N–H and O–H groups in total. The number of hydrogen-bond acceptors (Lipinski definition) is 6. The number of likely N-dealkylation sites (tertiary alicyclic amines) is 1. The normalized spacial score (nSPS) is 24.3. The van der Waals surface area contributed by atoms with E-state index in [0.29, 0.717) is 23.4 Å². The van der Waals surface area contributed by atoms with E-state index in [-0.39, 0.29) is 17.9 Å². The molecule has 0 radical (unpaired) electrons. The van der Waals surface area contributed by atoms with Gasteiger partial charge >= 0.3 is 0 Å². The number of carbonyl (C=O) groups excluding carboxylic acids is 1. The molecule has 0 spiro atoms. The molecule has 4 rings (SSSR count). The van der Waals surface area contributed by atoms with E-state index in [9.17, 15) is 4.79 Å². The van der Waals surface area contributed by atoms with Gasteiger partial charge in [0.15, 0.2) is 12.1 Å². The zero-order valence-electron chi connectivity index (χ0n) is 14.1. The average molecular weight is 330 g/mol. The molecule has 2 aromatic rings. The Morgan fingerprint density at radius 3 is 2.88 bits per heavy atom.